The molecule has 0 bridgehead atoms. The maximum absolute atomic E-state index is 13.5. The van der Waals surface area contributed by atoms with Crippen molar-refractivity contribution in [2.75, 3.05) is 0 Å². The summed E-state index contributed by atoms with van der Waals surface area (Å²) in [5.74, 6) is -1.70. The lowest BCUT2D eigenvalue weighted by Crippen LogP contribution is -2.42. The van der Waals surface area contributed by atoms with Crippen LogP contribution in [0.4, 0.5) is 4.39 Å². The van der Waals surface area contributed by atoms with E-state index in [0.717, 1.165) is 6.07 Å². The Morgan fingerprint density at radius 2 is 1.80 bits per heavy atom. The normalized spacial score (nSPS) is 10.2. The standard InChI is InChI=1S/C13H10ClFN2O3/c1-7-9(4-5-20-7)12(18)16-17-13(19)10-3-2-8(14)6-11(10)15/h2-6H,1H3,(H,16,18)(H,17,19). The van der Waals surface area contributed by atoms with Crippen LogP contribution in [0.1, 0.15) is 26.5 Å². The van der Waals surface area contributed by atoms with Crippen LogP contribution >= 0.6 is 11.6 Å². The van der Waals surface area contributed by atoms with Crippen LogP contribution < -0.4 is 10.9 Å². The number of rotatable bonds is 2. The number of carbonyl (C=O) groups excluding carboxylic acids is 2. The summed E-state index contributed by atoms with van der Waals surface area (Å²) >= 11 is 5.58. The van der Waals surface area contributed by atoms with E-state index in [1.165, 1.54) is 24.5 Å². The first-order valence-corrected chi connectivity index (χ1v) is 5.96. The fourth-order valence-corrected chi connectivity index (χ4v) is 1.70. The van der Waals surface area contributed by atoms with Crippen molar-refractivity contribution in [1.29, 1.82) is 0 Å². The molecule has 0 aliphatic rings. The van der Waals surface area contributed by atoms with Gasteiger partial charge in [-0.05, 0) is 31.2 Å². The molecule has 104 valence electrons. The minimum atomic E-state index is -0.784. The van der Waals surface area contributed by atoms with Gasteiger partial charge in [-0.1, -0.05) is 11.6 Å². The second kappa shape index (κ2) is 5.75. The average Bonchev–Trinajstić information content (AvgIpc) is 2.82. The SMILES string of the molecule is Cc1occc1C(=O)NNC(=O)c1ccc(Cl)cc1F. The summed E-state index contributed by atoms with van der Waals surface area (Å²) in [5, 5.41) is 0.178. The highest BCUT2D eigenvalue weighted by molar-refractivity contribution is 6.30. The fourth-order valence-electron chi connectivity index (χ4n) is 1.54. The number of furan rings is 1. The molecule has 2 amide bonds. The summed E-state index contributed by atoms with van der Waals surface area (Å²) in [7, 11) is 0. The molecule has 0 spiro atoms. The Labute approximate surface area is 118 Å². The first kappa shape index (κ1) is 14.1. The second-order valence-electron chi connectivity index (χ2n) is 3.92. The topological polar surface area (TPSA) is 71.3 Å². The van der Waals surface area contributed by atoms with Gasteiger partial charge >= 0.3 is 0 Å². The van der Waals surface area contributed by atoms with Crippen LogP contribution in [0.5, 0.6) is 0 Å². The van der Waals surface area contributed by atoms with Gasteiger partial charge in [-0.15, -0.1) is 0 Å². The lowest BCUT2D eigenvalue weighted by atomic mass is 10.2. The van der Waals surface area contributed by atoms with Gasteiger partial charge < -0.3 is 4.42 Å². The van der Waals surface area contributed by atoms with Crippen LogP contribution in [0.15, 0.2) is 34.9 Å². The predicted octanol–water partition coefficient (Wildman–Crippen LogP) is 2.46. The second-order valence-corrected chi connectivity index (χ2v) is 4.36. The van der Waals surface area contributed by atoms with E-state index >= 15 is 0 Å². The molecule has 1 aromatic heterocycles. The first-order valence-electron chi connectivity index (χ1n) is 5.59. The van der Waals surface area contributed by atoms with Crippen molar-refractivity contribution in [3.8, 4) is 0 Å². The minimum Gasteiger partial charge on any atom is -0.469 e. The summed E-state index contributed by atoms with van der Waals surface area (Å²) in [5.41, 5.74) is 4.34. The van der Waals surface area contributed by atoms with Crippen molar-refractivity contribution in [1.82, 2.24) is 10.9 Å². The van der Waals surface area contributed by atoms with Crippen LogP contribution in [0, 0.1) is 12.7 Å². The number of amides is 2. The molecule has 0 unspecified atom stereocenters. The lowest BCUT2D eigenvalue weighted by Gasteiger charge is -2.07. The Balaban J connectivity index is 2.02. The molecule has 1 heterocycles. The third-order valence-corrected chi connectivity index (χ3v) is 2.80. The molecule has 0 aliphatic carbocycles. The van der Waals surface area contributed by atoms with Crippen molar-refractivity contribution in [2.24, 2.45) is 0 Å². The zero-order valence-electron chi connectivity index (χ0n) is 10.4. The molecule has 0 fully saturated rings. The molecule has 0 atom stereocenters. The number of nitrogens with one attached hydrogen (secondary N) is 2. The van der Waals surface area contributed by atoms with Crippen molar-refractivity contribution in [2.45, 2.75) is 6.92 Å². The van der Waals surface area contributed by atoms with Crippen molar-refractivity contribution in [3.05, 3.63) is 58.3 Å². The molecule has 5 nitrogen and oxygen atoms in total. The van der Waals surface area contributed by atoms with Crippen LogP contribution in [0.2, 0.25) is 5.02 Å². The zero-order chi connectivity index (χ0) is 14.7. The molecular weight excluding hydrogens is 287 g/mol. The van der Waals surface area contributed by atoms with Gasteiger partial charge in [-0.2, -0.15) is 0 Å². The fraction of sp³-hybridized carbons (Fsp3) is 0.0769. The summed E-state index contributed by atoms with van der Waals surface area (Å²) in [6.45, 7) is 1.61. The maximum atomic E-state index is 13.5. The number of halogens is 2. The van der Waals surface area contributed by atoms with Crippen molar-refractivity contribution < 1.29 is 18.4 Å². The van der Waals surface area contributed by atoms with Gasteiger partial charge in [0.1, 0.15) is 11.6 Å². The Morgan fingerprint density at radius 3 is 2.35 bits per heavy atom. The first-order chi connectivity index (χ1) is 9.49. The van der Waals surface area contributed by atoms with Gasteiger partial charge in [-0.25, -0.2) is 4.39 Å². The molecule has 2 aromatic rings. The van der Waals surface area contributed by atoms with E-state index in [9.17, 15) is 14.0 Å². The highest BCUT2D eigenvalue weighted by Crippen LogP contribution is 2.14. The third-order valence-electron chi connectivity index (χ3n) is 2.57. The highest BCUT2D eigenvalue weighted by Gasteiger charge is 2.15. The lowest BCUT2D eigenvalue weighted by molar-refractivity contribution is 0.0843. The minimum absolute atomic E-state index is 0.178. The molecule has 0 radical (unpaired) electrons. The number of carbonyl (C=O) groups is 2. The Hall–Kier alpha value is -2.34. The number of hydrogen-bond acceptors (Lipinski definition) is 3. The van der Waals surface area contributed by atoms with E-state index in [1.807, 2.05) is 0 Å². The van der Waals surface area contributed by atoms with E-state index in [4.69, 9.17) is 16.0 Å². The van der Waals surface area contributed by atoms with E-state index < -0.39 is 17.6 Å². The molecule has 7 heteroatoms. The Bertz CT molecular complexity index is 669. The van der Waals surface area contributed by atoms with Crippen LogP contribution in [-0.2, 0) is 0 Å². The summed E-state index contributed by atoms with van der Waals surface area (Å²) in [4.78, 5) is 23.4. The third kappa shape index (κ3) is 2.97. The molecule has 2 N–H and O–H groups in total. The van der Waals surface area contributed by atoms with E-state index in [2.05, 4.69) is 10.9 Å². The highest BCUT2D eigenvalue weighted by atomic mass is 35.5. The summed E-state index contributed by atoms with van der Waals surface area (Å²) < 4.78 is 18.5. The van der Waals surface area contributed by atoms with Gasteiger partial charge in [0.15, 0.2) is 0 Å². The number of hydrazine groups is 1. The van der Waals surface area contributed by atoms with E-state index in [-0.39, 0.29) is 16.1 Å². The number of aryl methyl sites for hydroxylation is 1. The predicted molar refractivity (Wildman–Crippen MR) is 69.8 cm³/mol. The van der Waals surface area contributed by atoms with Crippen LogP contribution in [-0.4, -0.2) is 11.8 Å². The average molecular weight is 297 g/mol. The number of benzene rings is 1. The molecule has 0 saturated heterocycles. The zero-order valence-corrected chi connectivity index (χ0v) is 11.1. The van der Waals surface area contributed by atoms with Gasteiger partial charge in [0.05, 0.1) is 17.4 Å². The molecule has 20 heavy (non-hydrogen) atoms. The van der Waals surface area contributed by atoms with Crippen LogP contribution in [0.25, 0.3) is 0 Å². The van der Waals surface area contributed by atoms with Crippen molar-refractivity contribution >= 4 is 23.4 Å². The van der Waals surface area contributed by atoms with E-state index in [1.54, 1.807) is 6.92 Å². The molecule has 0 saturated carbocycles. The van der Waals surface area contributed by atoms with Gasteiger partial charge in [0, 0.05) is 5.02 Å². The molecular formula is C13H10ClFN2O3. The van der Waals surface area contributed by atoms with Gasteiger partial charge in [0.25, 0.3) is 11.8 Å². The molecule has 0 aliphatic heterocycles. The van der Waals surface area contributed by atoms with Gasteiger partial charge in [0.2, 0.25) is 0 Å². The quantitative estimate of drug-likeness (QED) is 0.836. The summed E-state index contributed by atoms with van der Waals surface area (Å²) in [6, 6.07) is 5.07. The van der Waals surface area contributed by atoms with Crippen molar-refractivity contribution in [3.63, 3.8) is 0 Å². The molecule has 2 rings (SSSR count). The Morgan fingerprint density at radius 1 is 1.15 bits per heavy atom. The monoisotopic (exact) mass is 296 g/mol. The van der Waals surface area contributed by atoms with E-state index in [0.29, 0.717) is 5.76 Å². The smallest absolute Gasteiger partial charge is 0.273 e. The van der Waals surface area contributed by atoms with Crippen LogP contribution in [0.3, 0.4) is 0 Å². The number of hydrogen-bond donors (Lipinski definition) is 2. The van der Waals surface area contributed by atoms with Gasteiger partial charge in [-0.3, -0.25) is 20.4 Å². The Kier molecular flexibility index (Phi) is 4.05. The molecule has 1 aromatic carbocycles. The maximum Gasteiger partial charge on any atom is 0.273 e. The summed E-state index contributed by atoms with van der Waals surface area (Å²) in [6.07, 6.45) is 1.35. The largest absolute Gasteiger partial charge is 0.469 e.